The second-order valence-electron chi connectivity index (χ2n) is 19.6. The summed E-state index contributed by atoms with van der Waals surface area (Å²) in [5.41, 5.74) is -0.0587. The Balaban J connectivity index is 1.41. The van der Waals surface area contributed by atoms with E-state index in [0.29, 0.717) is 71.0 Å². The molecule has 0 unspecified atom stereocenters. The van der Waals surface area contributed by atoms with Gasteiger partial charge in [0, 0.05) is 90.1 Å². The normalized spacial score (nSPS) is 21.7. The van der Waals surface area contributed by atoms with E-state index in [-0.39, 0.29) is 90.4 Å². The molecule has 0 spiro atoms. The lowest BCUT2D eigenvalue weighted by Crippen LogP contribution is -2.55. The molecule has 5 amide bonds. The first-order valence-electron chi connectivity index (χ1n) is 24.4. The lowest BCUT2D eigenvalue weighted by molar-refractivity contribution is -0.150. The number of ether oxygens (including phenoxy) is 2. The van der Waals surface area contributed by atoms with Gasteiger partial charge < -0.3 is 24.2 Å². The van der Waals surface area contributed by atoms with Crippen LogP contribution < -0.4 is 0 Å². The van der Waals surface area contributed by atoms with Crippen molar-refractivity contribution in [2.24, 2.45) is 29.6 Å². The van der Waals surface area contributed by atoms with Crippen molar-refractivity contribution in [3.63, 3.8) is 0 Å². The molecule has 1 aromatic carbocycles. The fourth-order valence-electron chi connectivity index (χ4n) is 10.5. The monoisotopic (exact) mass is 919 g/mol. The van der Waals surface area contributed by atoms with Crippen molar-refractivity contribution in [3.05, 3.63) is 48.0 Å². The lowest BCUT2D eigenvalue weighted by Gasteiger charge is -2.41. The number of likely N-dealkylation sites (N-methyl/N-ethyl adjacent to an activating group) is 1. The molecule has 2 saturated heterocycles. The minimum atomic E-state index is -1.05. The number of carbonyl (C=O) groups excluding carboxylic acids is 8. The number of hydrogen-bond donors (Lipinski definition) is 0. The fourth-order valence-corrected chi connectivity index (χ4v) is 10.5. The average Bonchev–Trinajstić information content (AvgIpc) is 4.03. The molecule has 3 heterocycles. The van der Waals surface area contributed by atoms with Gasteiger partial charge in [-0.05, 0) is 76.2 Å². The van der Waals surface area contributed by atoms with E-state index in [0.717, 1.165) is 12.0 Å². The highest BCUT2D eigenvalue weighted by Gasteiger charge is 2.48. The zero-order valence-electron chi connectivity index (χ0n) is 41.4. The van der Waals surface area contributed by atoms with Crippen molar-refractivity contribution < 1.29 is 47.8 Å². The minimum Gasteiger partial charge on any atom is -0.379 e. The highest BCUT2D eigenvalue weighted by Crippen LogP contribution is 2.36. The summed E-state index contributed by atoms with van der Waals surface area (Å²) in [5, 5.41) is 0. The third-order valence-corrected chi connectivity index (χ3v) is 14.9. The Hall–Kier alpha value is -4.56. The topological polar surface area (TPSA) is 168 Å². The van der Waals surface area contributed by atoms with E-state index in [1.807, 2.05) is 71.9 Å². The summed E-state index contributed by atoms with van der Waals surface area (Å²) in [6.45, 7) is 14.3. The van der Waals surface area contributed by atoms with Crippen molar-refractivity contribution in [2.45, 2.75) is 162 Å². The van der Waals surface area contributed by atoms with Crippen molar-refractivity contribution >= 4 is 46.9 Å². The fraction of sp³-hybridized carbons (Fsp3) is 0.692. The number of unbranched alkanes of at least 4 members (excludes halogenated alkanes) is 2. The highest BCUT2D eigenvalue weighted by molar-refractivity contribution is 6.12. The van der Waals surface area contributed by atoms with Crippen LogP contribution in [0.5, 0.6) is 0 Å². The quantitative estimate of drug-likeness (QED) is 0.0711. The van der Waals surface area contributed by atoms with E-state index in [4.69, 9.17) is 9.47 Å². The number of nitrogens with zero attached hydrogens (tertiary/aromatic N) is 4. The van der Waals surface area contributed by atoms with Gasteiger partial charge >= 0.3 is 0 Å². The molecule has 0 aliphatic carbocycles. The van der Waals surface area contributed by atoms with E-state index in [9.17, 15) is 38.4 Å². The number of rotatable bonds is 27. The Labute approximate surface area is 393 Å². The van der Waals surface area contributed by atoms with Gasteiger partial charge in [-0.1, -0.05) is 77.8 Å². The molecule has 9 atom stereocenters. The molecule has 1 aromatic rings. The van der Waals surface area contributed by atoms with Gasteiger partial charge in [0.1, 0.15) is 11.6 Å². The van der Waals surface area contributed by atoms with Crippen LogP contribution in [0.3, 0.4) is 0 Å². The van der Waals surface area contributed by atoms with Gasteiger partial charge in [0.15, 0.2) is 5.78 Å². The molecule has 0 aromatic heterocycles. The van der Waals surface area contributed by atoms with Crippen molar-refractivity contribution in [1.82, 2.24) is 19.6 Å². The van der Waals surface area contributed by atoms with Gasteiger partial charge in [0.2, 0.25) is 17.7 Å². The first kappa shape index (κ1) is 54.0. The van der Waals surface area contributed by atoms with Gasteiger partial charge in [-0.3, -0.25) is 43.3 Å². The van der Waals surface area contributed by atoms with Gasteiger partial charge in [0.25, 0.3) is 11.8 Å². The van der Waals surface area contributed by atoms with Crippen LogP contribution in [0.4, 0.5) is 0 Å². The minimum absolute atomic E-state index is 0.00595. The average molecular weight is 919 g/mol. The van der Waals surface area contributed by atoms with E-state index in [2.05, 4.69) is 0 Å². The molecule has 66 heavy (non-hydrogen) atoms. The Bertz CT molecular complexity index is 1880. The summed E-state index contributed by atoms with van der Waals surface area (Å²) < 4.78 is 12.1. The summed E-state index contributed by atoms with van der Waals surface area (Å²) in [4.78, 5) is 114. The molecular weight excluding hydrogens is 841 g/mol. The predicted molar refractivity (Wildman–Crippen MR) is 252 cm³/mol. The Morgan fingerprint density at radius 2 is 1.52 bits per heavy atom. The third-order valence-electron chi connectivity index (χ3n) is 14.9. The maximum atomic E-state index is 14.7. The number of methoxy groups -OCH3 is 2. The first-order chi connectivity index (χ1) is 31.3. The summed E-state index contributed by atoms with van der Waals surface area (Å²) in [6, 6.07) is 8.80. The number of Topliss-reactive ketones (excluding diaryl/α,β-unsaturated/α-hetero) is 3. The Kier molecular flexibility index (Phi) is 20.5. The number of carbonyl (C=O) groups is 8. The molecule has 3 aliphatic heterocycles. The van der Waals surface area contributed by atoms with Crippen LogP contribution in [0.25, 0.3) is 0 Å². The molecule has 0 radical (unpaired) electrons. The Morgan fingerprint density at radius 1 is 0.848 bits per heavy atom. The zero-order chi connectivity index (χ0) is 48.9. The van der Waals surface area contributed by atoms with Crippen LogP contribution in [-0.2, 0) is 54.3 Å². The highest BCUT2D eigenvalue weighted by atomic mass is 16.5. The molecule has 4 rings (SSSR count). The van der Waals surface area contributed by atoms with Crippen LogP contribution in [0, 0.1) is 29.6 Å². The SMILES string of the molecule is CC[C@H](C)[C@@H]([C@@H](CC(=O)N1CCC[C@H]1[C@H](OC)[C@@H](C)C(=O)C[C@@H](Cc1ccccc1)C(C)=O)OC)N(C)C(=O)[C@@H](CC(=O)[C@]1(C)CCCN1C(=O)CCCCCN1C(=O)C=CC1=O)C(C)C. The van der Waals surface area contributed by atoms with Crippen molar-refractivity contribution in [3.8, 4) is 0 Å². The predicted octanol–water partition coefficient (Wildman–Crippen LogP) is 6.41. The molecule has 3 aliphatic rings. The van der Waals surface area contributed by atoms with Crippen LogP contribution in [0.1, 0.15) is 131 Å². The molecule has 366 valence electrons. The van der Waals surface area contributed by atoms with Crippen molar-refractivity contribution in [1.29, 1.82) is 0 Å². The summed E-state index contributed by atoms with van der Waals surface area (Å²) in [7, 11) is 4.84. The maximum absolute atomic E-state index is 14.7. The van der Waals surface area contributed by atoms with E-state index < -0.39 is 41.5 Å². The molecule has 14 heteroatoms. The van der Waals surface area contributed by atoms with Crippen LogP contribution in [0.15, 0.2) is 42.5 Å². The number of likely N-dealkylation sites (tertiary alicyclic amines) is 2. The number of ketones is 3. The summed E-state index contributed by atoms with van der Waals surface area (Å²) in [5.74, 6) is -3.40. The van der Waals surface area contributed by atoms with Gasteiger partial charge in [-0.15, -0.1) is 0 Å². The summed E-state index contributed by atoms with van der Waals surface area (Å²) >= 11 is 0. The molecule has 0 bridgehead atoms. The molecule has 14 nitrogen and oxygen atoms in total. The number of imide groups is 1. The van der Waals surface area contributed by atoms with E-state index >= 15 is 0 Å². The molecule has 0 saturated carbocycles. The van der Waals surface area contributed by atoms with E-state index in [1.165, 1.54) is 24.0 Å². The number of amides is 5. The van der Waals surface area contributed by atoms with Crippen LogP contribution in [0.2, 0.25) is 0 Å². The zero-order valence-corrected chi connectivity index (χ0v) is 41.4. The van der Waals surface area contributed by atoms with E-state index in [1.54, 1.807) is 36.0 Å². The number of hydrogen-bond acceptors (Lipinski definition) is 10. The van der Waals surface area contributed by atoms with Crippen LogP contribution in [-0.4, -0.2) is 137 Å². The second kappa shape index (κ2) is 25.0. The van der Waals surface area contributed by atoms with Crippen LogP contribution >= 0.6 is 0 Å². The second-order valence-corrected chi connectivity index (χ2v) is 19.6. The van der Waals surface area contributed by atoms with Gasteiger partial charge in [-0.2, -0.15) is 0 Å². The smallest absolute Gasteiger partial charge is 0.253 e. The molecule has 0 N–H and O–H groups in total. The lowest BCUT2D eigenvalue weighted by atomic mass is 9.81. The summed E-state index contributed by atoms with van der Waals surface area (Å²) in [6.07, 6.45) is 7.08. The van der Waals surface area contributed by atoms with Gasteiger partial charge in [-0.25, -0.2) is 0 Å². The molecule has 2 fully saturated rings. The molecular formula is C52H78N4O10. The standard InChI is InChI=1S/C52H78N4O10/c1-11-35(4)49(43(65-9)33-48(63)54-28-18-22-41(54)50(66-10)36(5)42(58)31-39(37(6)57)30-38-20-14-12-15-21-38)53(8)51(64)40(34(2)3)32-44(59)52(7)26-19-29-56(52)47(62)23-16-13-17-27-55-45(60)24-25-46(55)61/h12,14-15,20-21,24-25,34-36,39-41,43,49-50H,11,13,16-19,22-23,26-33H2,1-10H3/t35-,36-,39+,40-,41-,43+,49-,50+,52-/m0/s1. The van der Waals surface area contributed by atoms with Gasteiger partial charge in [0.05, 0.1) is 36.3 Å². The first-order valence-corrected chi connectivity index (χ1v) is 24.4. The van der Waals surface area contributed by atoms with Crippen molar-refractivity contribution in [2.75, 3.05) is 40.9 Å². The Morgan fingerprint density at radius 3 is 2.11 bits per heavy atom. The largest absolute Gasteiger partial charge is 0.379 e. The maximum Gasteiger partial charge on any atom is 0.253 e. The number of benzene rings is 1. The third kappa shape index (κ3) is 13.3.